The third-order valence-corrected chi connectivity index (χ3v) is 11.9. The Kier molecular flexibility index (Phi) is 11.1. The molecular weight excluding hydrogens is 843 g/mol. The van der Waals surface area contributed by atoms with E-state index in [2.05, 4.69) is 50.7 Å². The zero-order valence-corrected chi connectivity index (χ0v) is 36.2. The molecule has 7 aromatic rings. The summed E-state index contributed by atoms with van der Waals surface area (Å²) in [7, 11) is 0. The van der Waals surface area contributed by atoms with Gasteiger partial charge in [-0.25, -0.2) is 24.1 Å². The van der Waals surface area contributed by atoms with Crippen LogP contribution in [-0.2, 0) is 19.5 Å². The Bertz CT molecular complexity index is 3050. The summed E-state index contributed by atoms with van der Waals surface area (Å²) in [5.41, 5.74) is 5.20. The number of anilines is 2. The third-order valence-electron chi connectivity index (χ3n) is 11.9. The number of hydrogen-bond donors (Lipinski definition) is 1. The van der Waals surface area contributed by atoms with Crippen molar-refractivity contribution >= 4 is 39.7 Å². The van der Waals surface area contributed by atoms with Crippen LogP contribution in [0.1, 0.15) is 78.2 Å². The predicted octanol–water partition coefficient (Wildman–Crippen LogP) is 8.22. The predicted molar refractivity (Wildman–Crippen MR) is 235 cm³/mol. The van der Waals surface area contributed by atoms with Crippen LogP contribution in [0.4, 0.5) is 29.2 Å². The first-order valence-electron chi connectivity index (χ1n) is 21.3. The number of alkyl halides is 3. The second-order valence-corrected chi connectivity index (χ2v) is 17.7. The minimum Gasteiger partial charge on any atom is -0.406 e. The molecule has 0 spiro atoms. The van der Waals surface area contributed by atoms with Crippen molar-refractivity contribution in [3.63, 3.8) is 0 Å². The molecule has 18 heteroatoms. The van der Waals surface area contributed by atoms with Crippen LogP contribution < -0.4 is 15.7 Å². The number of pyridine rings is 2. The van der Waals surface area contributed by atoms with E-state index in [0.29, 0.717) is 65.3 Å². The van der Waals surface area contributed by atoms with E-state index in [1.165, 1.54) is 41.1 Å². The first-order valence-corrected chi connectivity index (χ1v) is 21.3. The summed E-state index contributed by atoms with van der Waals surface area (Å²) in [5.74, 6) is -1.04. The fourth-order valence-corrected chi connectivity index (χ4v) is 9.10. The number of hydrogen-bond acceptors (Lipinski definition) is 10. The van der Waals surface area contributed by atoms with Crippen LogP contribution in [0.3, 0.4) is 0 Å². The lowest BCUT2D eigenvalue weighted by atomic mass is 9.94. The van der Waals surface area contributed by atoms with Crippen molar-refractivity contribution in [2.45, 2.75) is 72.5 Å². The molecule has 1 fully saturated rings. The molecule has 0 atom stereocenters. The lowest BCUT2D eigenvalue weighted by Crippen LogP contribution is -2.41. The number of imidazole rings is 1. The van der Waals surface area contributed by atoms with Crippen LogP contribution >= 0.6 is 0 Å². The first kappa shape index (κ1) is 43.1. The van der Waals surface area contributed by atoms with Gasteiger partial charge in [0.1, 0.15) is 28.4 Å². The van der Waals surface area contributed by atoms with Crippen molar-refractivity contribution in [1.29, 1.82) is 5.26 Å². The number of nitrogens with one attached hydrogen (secondary N) is 1. The number of likely N-dealkylation sites (tertiary alicyclic amines) is 1. The van der Waals surface area contributed by atoms with E-state index in [0.717, 1.165) is 36.3 Å². The van der Waals surface area contributed by atoms with Gasteiger partial charge < -0.3 is 24.4 Å². The fourth-order valence-electron chi connectivity index (χ4n) is 9.10. The summed E-state index contributed by atoms with van der Waals surface area (Å²) in [6.45, 7) is 11.6. The summed E-state index contributed by atoms with van der Waals surface area (Å²) in [6, 6.07) is 18.5. The van der Waals surface area contributed by atoms with Gasteiger partial charge in [0.2, 0.25) is 5.95 Å². The summed E-state index contributed by atoms with van der Waals surface area (Å²) < 4.78 is 62.7. The fraction of sp³-hybridized carbons (Fsp3) is 0.340. The van der Waals surface area contributed by atoms with E-state index in [1.807, 2.05) is 22.8 Å². The standard InChI is InChI=1S/C47H45F4N11O3/c1-28-40-42(57-44(55-28)56-31-9-12-34(13-10-31)65-47(49,50)51)62(32-15-19-58(20-16-32)27-46(2,3)4)45(64)61(40)33-11-14-38(54-24-33)43(63)59-21-17-35-36-6-5-18-53-41(36)60(39(35)26-59)25-30-8-7-29(23-52)22-37(30)48/h5-14,18,22,24,32H,15-17,19-21,25-27H2,1-4H3,(H,55,56,57). The Morgan fingerprint density at radius 2 is 1.74 bits per heavy atom. The average molecular weight is 888 g/mol. The second-order valence-electron chi connectivity index (χ2n) is 17.7. The van der Waals surface area contributed by atoms with Gasteiger partial charge in [0.15, 0.2) is 5.65 Å². The second kappa shape index (κ2) is 16.8. The van der Waals surface area contributed by atoms with Gasteiger partial charge in [-0.3, -0.25) is 13.9 Å². The highest BCUT2D eigenvalue weighted by Gasteiger charge is 2.33. The zero-order valence-electron chi connectivity index (χ0n) is 36.2. The number of halogens is 4. The molecule has 0 radical (unpaired) electrons. The first-order chi connectivity index (χ1) is 31.0. The molecule has 5 aromatic heterocycles. The highest BCUT2D eigenvalue weighted by Crippen LogP contribution is 2.33. The largest absolute Gasteiger partial charge is 0.573 e. The number of carbonyl (C=O) groups excluding carboxylic acids is 1. The molecule has 1 N–H and O–H groups in total. The molecule has 9 rings (SSSR count). The van der Waals surface area contributed by atoms with Gasteiger partial charge in [-0.05, 0) is 97.8 Å². The number of benzene rings is 2. The molecule has 65 heavy (non-hydrogen) atoms. The Morgan fingerprint density at radius 1 is 0.969 bits per heavy atom. The van der Waals surface area contributed by atoms with Crippen molar-refractivity contribution in [3.8, 4) is 17.5 Å². The van der Waals surface area contributed by atoms with Gasteiger partial charge >= 0.3 is 12.1 Å². The van der Waals surface area contributed by atoms with Crippen molar-refractivity contribution < 1.29 is 27.1 Å². The van der Waals surface area contributed by atoms with E-state index in [4.69, 9.17) is 4.98 Å². The van der Waals surface area contributed by atoms with E-state index < -0.39 is 12.2 Å². The minimum atomic E-state index is -4.83. The Balaban J connectivity index is 1.02. The Morgan fingerprint density at radius 3 is 2.42 bits per heavy atom. The molecule has 0 unspecified atom stereocenters. The summed E-state index contributed by atoms with van der Waals surface area (Å²) >= 11 is 0. The molecule has 1 saturated heterocycles. The lowest BCUT2D eigenvalue weighted by molar-refractivity contribution is -0.274. The summed E-state index contributed by atoms with van der Waals surface area (Å²) in [5, 5.41) is 13.3. The minimum absolute atomic E-state index is 0.102. The summed E-state index contributed by atoms with van der Waals surface area (Å²) in [6.07, 6.45) is 0.278. The number of nitriles is 1. The van der Waals surface area contributed by atoms with Gasteiger partial charge in [0.05, 0.1) is 42.3 Å². The van der Waals surface area contributed by atoms with Gasteiger partial charge in [0.25, 0.3) is 5.91 Å². The maximum Gasteiger partial charge on any atom is 0.573 e. The Hall–Kier alpha value is -7.13. The number of amides is 1. The monoisotopic (exact) mass is 887 g/mol. The maximum atomic E-state index is 15.2. The van der Waals surface area contributed by atoms with Gasteiger partial charge in [-0.2, -0.15) is 10.2 Å². The van der Waals surface area contributed by atoms with E-state index in [-0.39, 0.29) is 59.1 Å². The van der Waals surface area contributed by atoms with Crippen LogP contribution in [0.25, 0.3) is 27.9 Å². The number of carbonyl (C=O) groups is 1. The summed E-state index contributed by atoms with van der Waals surface area (Å²) in [4.78, 5) is 51.7. The van der Waals surface area contributed by atoms with Crippen LogP contribution in [0.15, 0.2) is 83.9 Å². The number of aromatic nitrogens is 7. The zero-order chi connectivity index (χ0) is 45.8. The maximum absolute atomic E-state index is 15.2. The van der Waals surface area contributed by atoms with Crippen molar-refractivity contribution in [1.82, 2.24) is 43.4 Å². The van der Waals surface area contributed by atoms with E-state index >= 15 is 4.39 Å². The number of fused-ring (bicyclic) bond motifs is 4. The highest BCUT2D eigenvalue weighted by molar-refractivity contribution is 5.93. The number of rotatable bonds is 9. The number of nitrogens with zero attached hydrogens (tertiary/aromatic N) is 10. The molecule has 0 aliphatic carbocycles. The molecule has 0 saturated carbocycles. The van der Waals surface area contributed by atoms with Gasteiger partial charge in [-0.15, -0.1) is 13.2 Å². The SMILES string of the molecule is Cc1nc(Nc2ccc(OC(F)(F)F)cc2)nc2c1n(-c1ccc(C(=O)N3CCc4c(n(Cc5ccc(C#N)cc5F)c5ncccc45)C3)nc1)c(=O)n2C1CCN(CC(C)(C)C)CC1. The van der Waals surface area contributed by atoms with Crippen molar-refractivity contribution in [2.75, 3.05) is 31.5 Å². The number of aryl methyl sites for hydroxylation is 1. The quantitative estimate of drug-likeness (QED) is 0.140. The van der Waals surface area contributed by atoms with Crippen molar-refractivity contribution in [2.24, 2.45) is 5.41 Å². The molecule has 334 valence electrons. The molecular formula is C47H45F4N11O3. The molecule has 2 aliphatic rings. The molecule has 1 amide bonds. The Labute approximate surface area is 370 Å². The molecule has 2 aromatic carbocycles. The van der Waals surface area contributed by atoms with E-state index in [9.17, 15) is 28.0 Å². The normalized spacial score (nSPS) is 15.0. The van der Waals surface area contributed by atoms with Gasteiger partial charge in [-0.1, -0.05) is 26.8 Å². The number of ether oxygens (including phenoxy) is 1. The van der Waals surface area contributed by atoms with Crippen LogP contribution in [0.5, 0.6) is 5.75 Å². The molecule has 0 bridgehead atoms. The smallest absolute Gasteiger partial charge is 0.406 e. The molecule has 2 aliphatic heterocycles. The lowest BCUT2D eigenvalue weighted by Gasteiger charge is -2.36. The van der Waals surface area contributed by atoms with Crippen molar-refractivity contribution in [3.05, 3.63) is 129 Å². The van der Waals surface area contributed by atoms with E-state index in [1.54, 1.807) is 46.9 Å². The van der Waals surface area contributed by atoms with Gasteiger partial charge in [0, 0.05) is 60.7 Å². The van der Waals surface area contributed by atoms with Crippen LogP contribution in [0, 0.1) is 29.5 Å². The molecule has 7 heterocycles. The topological polar surface area (TPSA) is 152 Å². The van der Waals surface area contributed by atoms with Crippen LogP contribution in [-0.4, -0.2) is 81.9 Å². The highest BCUT2D eigenvalue weighted by atomic mass is 19.4. The third kappa shape index (κ3) is 8.75. The molecule has 14 nitrogen and oxygen atoms in total. The van der Waals surface area contributed by atoms with Crippen LogP contribution in [0.2, 0.25) is 0 Å². The average Bonchev–Trinajstić information content (AvgIpc) is 3.74. The number of piperidine rings is 1.